The Morgan fingerprint density at radius 3 is 1.06 bits per heavy atom. The molecule has 0 saturated carbocycles. The average Bonchev–Trinajstić information content (AvgIpc) is 3.58. The van der Waals surface area contributed by atoms with Crippen molar-refractivity contribution in [1.82, 2.24) is 5.32 Å². The standard InChI is InChI=1S/C50H77NO2/c1-4-6-8-10-12-14-16-18-20-22-24-26-28-30-32-34-36-38-40-42-45-50(52-48-49(53-50)44-47-51-3)46-43-41-39-37-35-33-31-29-27-25-23-21-19-17-15-13-11-9-7-5-2/h6-9,12-15,18-21,24-27,30-33,36-39,49,51H,4-5,10-11,16-17,22-23,28-29,34-35,40-48H2,1-3H3/b8-6-,9-7-,14-12-,15-13-,20-18-,21-19-,26-24-,27-25-,32-30-,33-31-,38-36-,39-37-. The van der Waals surface area contributed by atoms with E-state index < -0.39 is 5.79 Å². The van der Waals surface area contributed by atoms with Gasteiger partial charge in [0.05, 0.1) is 12.7 Å². The first-order chi connectivity index (χ1) is 26.3. The Morgan fingerprint density at radius 1 is 0.453 bits per heavy atom. The molecule has 1 heterocycles. The summed E-state index contributed by atoms with van der Waals surface area (Å²) in [5.74, 6) is -0.423. The molecule has 294 valence electrons. The minimum atomic E-state index is -0.423. The van der Waals surface area contributed by atoms with Gasteiger partial charge in [-0.3, -0.25) is 0 Å². The van der Waals surface area contributed by atoms with Gasteiger partial charge in [-0.25, -0.2) is 0 Å². The van der Waals surface area contributed by atoms with Crippen LogP contribution in [0.15, 0.2) is 146 Å². The highest BCUT2D eigenvalue weighted by atomic mass is 16.7. The summed E-state index contributed by atoms with van der Waals surface area (Å²) in [5, 5.41) is 3.25. The molecule has 1 aliphatic rings. The van der Waals surface area contributed by atoms with E-state index in [1.165, 1.54) is 0 Å². The van der Waals surface area contributed by atoms with Crippen molar-refractivity contribution in [2.75, 3.05) is 20.2 Å². The molecular formula is C50H77NO2. The molecule has 0 spiro atoms. The topological polar surface area (TPSA) is 30.5 Å². The van der Waals surface area contributed by atoms with Gasteiger partial charge in [-0.05, 0) is 123 Å². The normalized spacial score (nSPS) is 17.4. The molecule has 1 N–H and O–H groups in total. The van der Waals surface area contributed by atoms with Crippen molar-refractivity contribution in [2.45, 2.75) is 148 Å². The molecule has 3 nitrogen and oxygen atoms in total. The zero-order chi connectivity index (χ0) is 38.0. The Balaban J connectivity index is 2.23. The molecule has 1 rings (SSSR count). The van der Waals surface area contributed by atoms with E-state index in [4.69, 9.17) is 9.47 Å². The molecule has 1 unspecified atom stereocenters. The van der Waals surface area contributed by atoms with Gasteiger partial charge >= 0.3 is 0 Å². The molecule has 0 amide bonds. The lowest BCUT2D eigenvalue weighted by atomic mass is 10.0. The van der Waals surface area contributed by atoms with E-state index in [1.807, 2.05) is 7.05 Å². The third kappa shape index (κ3) is 32.0. The molecular weight excluding hydrogens is 647 g/mol. The molecule has 3 heteroatoms. The molecule has 1 fully saturated rings. The van der Waals surface area contributed by atoms with Gasteiger partial charge < -0.3 is 14.8 Å². The zero-order valence-electron chi connectivity index (χ0n) is 34.1. The fourth-order valence-electron chi connectivity index (χ4n) is 5.71. The van der Waals surface area contributed by atoms with Crippen molar-refractivity contribution in [1.29, 1.82) is 0 Å². The zero-order valence-corrected chi connectivity index (χ0v) is 34.1. The van der Waals surface area contributed by atoms with Gasteiger partial charge in [0, 0.05) is 12.8 Å². The van der Waals surface area contributed by atoms with E-state index in [0.29, 0.717) is 6.61 Å². The van der Waals surface area contributed by atoms with Crippen LogP contribution in [0.3, 0.4) is 0 Å². The molecule has 0 aromatic carbocycles. The molecule has 1 saturated heterocycles. The third-order valence-electron chi connectivity index (χ3n) is 8.68. The minimum Gasteiger partial charge on any atom is -0.347 e. The summed E-state index contributed by atoms with van der Waals surface area (Å²) in [5.41, 5.74) is 0. The van der Waals surface area contributed by atoms with Crippen molar-refractivity contribution >= 4 is 0 Å². The first-order valence-corrected chi connectivity index (χ1v) is 21.0. The lowest BCUT2D eigenvalue weighted by molar-refractivity contribution is -0.179. The van der Waals surface area contributed by atoms with Gasteiger partial charge in [-0.15, -0.1) is 0 Å². The van der Waals surface area contributed by atoms with Crippen LogP contribution in [0.25, 0.3) is 0 Å². The molecule has 0 radical (unpaired) electrons. The summed E-state index contributed by atoms with van der Waals surface area (Å²) in [6, 6.07) is 0. The molecule has 0 aliphatic carbocycles. The number of nitrogens with one attached hydrogen (secondary N) is 1. The van der Waals surface area contributed by atoms with Crippen molar-refractivity contribution in [3.8, 4) is 0 Å². The van der Waals surface area contributed by atoms with Crippen LogP contribution in [0.1, 0.15) is 136 Å². The second kappa shape index (κ2) is 38.5. The highest BCUT2D eigenvalue weighted by Gasteiger charge is 2.40. The highest BCUT2D eigenvalue weighted by molar-refractivity contribution is 5.03. The van der Waals surface area contributed by atoms with Crippen LogP contribution in [-0.2, 0) is 9.47 Å². The van der Waals surface area contributed by atoms with Crippen LogP contribution in [0.4, 0.5) is 0 Å². The second-order valence-electron chi connectivity index (χ2n) is 13.5. The molecule has 0 aromatic rings. The Bertz CT molecular complexity index is 1110. The molecule has 1 aliphatic heterocycles. The predicted molar refractivity (Wildman–Crippen MR) is 236 cm³/mol. The first kappa shape index (κ1) is 47.8. The van der Waals surface area contributed by atoms with Crippen molar-refractivity contribution < 1.29 is 9.47 Å². The van der Waals surface area contributed by atoms with E-state index in [1.54, 1.807) is 0 Å². The molecule has 0 bridgehead atoms. The van der Waals surface area contributed by atoms with E-state index >= 15 is 0 Å². The number of allylic oxidation sites excluding steroid dienone is 24. The molecule has 1 atom stereocenters. The summed E-state index contributed by atoms with van der Waals surface area (Å²) in [6.45, 7) is 6.01. The number of rotatable bonds is 33. The van der Waals surface area contributed by atoms with Crippen molar-refractivity contribution in [3.05, 3.63) is 146 Å². The Labute approximate surface area is 327 Å². The van der Waals surface area contributed by atoms with Gasteiger partial charge in [0.25, 0.3) is 0 Å². The summed E-state index contributed by atoms with van der Waals surface area (Å²) >= 11 is 0. The minimum absolute atomic E-state index is 0.194. The van der Waals surface area contributed by atoms with Crippen LogP contribution < -0.4 is 5.32 Å². The SMILES string of the molecule is CC/C=C\C/C=C\C/C=C\C/C=C\C/C=C\C/C=C\CCCC1(CCC/C=C\C/C=C\C/C=C\C/C=C\C/C=C\C/C=C\CC)OCC(CCNC)O1. The average molecular weight is 724 g/mol. The van der Waals surface area contributed by atoms with Crippen LogP contribution in [0.2, 0.25) is 0 Å². The predicted octanol–water partition coefficient (Wildman–Crippen LogP) is 14.4. The maximum absolute atomic E-state index is 6.57. The second-order valence-corrected chi connectivity index (χ2v) is 13.5. The maximum atomic E-state index is 6.57. The number of ether oxygens (including phenoxy) is 2. The van der Waals surface area contributed by atoms with Crippen LogP contribution in [0, 0.1) is 0 Å². The van der Waals surface area contributed by atoms with E-state index in [-0.39, 0.29) is 6.10 Å². The monoisotopic (exact) mass is 724 g/mol. The van der Waals surface area contributed by atoms with Gasteiger partial charge in [0.15, 0.2) is 5.79 Å². The van der Waals surface area contributed by atoms with Gasteiger partial charge in [-0.2, -0.15) is 0 Å². The summed E-state index contributed by atoms with van der Waals surface area (Å²) in [4.78, 5) is 0. The largest absolute Gasteiger partial charge is 0.347 e. The molecule has 0 aromatic heterocycles. The third-order valence-corrected chi connectivity index (χ3v) is 8.68. The smallest absolute Gasteiger partial charge is 0.168 e. The number of unbranched alkanes of at least 4 members (excludes halogenated alkanes) is 2. The maximum Gasteiger partial charge on any atom is 0.168 e. The van der Waals surface area contributed by atoms with Gasteiger partial charge in [0.2, 0.25) is 0 Å². The summed E-state index contributed by atoms with van der Waals surface area (Å²) in [7, 11) is 2.00. The molecule has 53 heavy (non-hydrogen) atoms. The summed E-state index contributed by atoms with van der Waals surface area (Å²) < 4.78 is 12.9. The Kier molecular flexibility index (Phi) is 34.7. The Morgan fingerprint density at radius 2 is 0.755 bits per heavy atom. The van der Waals surface area contributed by atoms with E-state index in [9.17, 15) is 0 Å². The fraction of sp³-hybridized carbons (Fsp3) is 0.520. The van der Waals surface area contributed by atoms with Crippen molar-refractivity contribution in [3.63, 3.8) is 0 Å². The fourth-order valence-corrected chi connectivity index (χ4v) is 5.71. The van der Waals surface area contributed by atoms with Crippen LogP contribution in [-0.4, -0.2) is 32.1 Å². The highest BCUT2D eigenvalue weighted by Crippen LogP contribution is 2.35. The van der Waals surface area contributed by atoms with E-state index in [2.05, 4.69) is 165 Å². The van der Waals surface area contributed by atoms with Gasteiger partial charge in [0.1, 0.15) is 0 Å². The lowest BCUT2D eigenvalue weighted by Crippen LogP contribution is -2.31. The number of hydrogen-bond donors (Lipinski definition) is 1. The van der Waals surface area contributed by atoms with Crippen LogP contribution >= 0.6 is 0 Å². The van der Waals surface area contributed by atoms with Crippen LogP contribution in [0.5, 0.6) is 0 Å². The van der Waals surface area contributed by atoms with Crippen molar-refractivity contribution in [2.24, 2.45) is 0 Å². The summed E-state index contributed by atoms with van der Waals surface area (Å²) in [6.07, 6.45) is 73.8. The van der Waals surface area contributed by atoms with Gasteiger partial charge in [-0.1, -0.05) is 160 Å². The number of hydrogen-bond acceptors (Lipinski definition) is 3. The Hall–Kier alpha value is -3.24. The quantitative estimate of drug-likeness (QED) is 0.0540. The van der Waals surface area contributed by atoms with E-state index in [0.717, 1.165) is 129 Å². The first-order valence-electron chi connectivity index (χ1n) is 21.0. The lowest BCUT2D eigenvalue weighted by Gasteiger charge is -2.28.